The zero-order valence-corrected chi connectivity index (χ0v) is 13.6. The van der Waals surface area contributed by atoms with Gasteiger partial charge in [0.2, 0.25) is 5.95 Å². The van der Waals surface area contributed by atoms with Crippen molar-refractivity contribution >= 4 is 29.6 Å². The first-order chi connectivity index (χ1) is 11.2. The lowest BCUT2D eigenvalue weighted by Crippen LogP contribution is -2.37. The van der Waals surface area contributed by atoms with Crippen LogP contribution in [0.2, 0.25) is 5.02 Å². The summed E-state index contributed by atoms with van der Waals surface area (Å²) in [5.41, 5.74) is 4.81. The van der Waals surface area contributed by atoms with Crippen LogP contribution in [-0.2, 0) is 4.74 Å². The van der Waals surface area contributed by atoms with Crippen molar-refractivity contribution in [1.82, 2.24) is 9.97 Å². The van der Waals surface area contributed by atoms with Gasteiger partial charge in [0, 0.05) is 29.9 Å². The van der Waals surface area contributed by atoms with Gasteiger partial charge in [0.1, 0.15) is 0 Å². The minimum atomic E-state index is 0.671. The van der Waals surface area contributed by atoms with E-state index in [1.807, 2.05) is 37.3 Å². The maximum absolute atomic E-state index is 5.86. The molecule has 1 aromatic carbocycles. The fraction of sp³-hybridized carbons (Fsp3) is 0.312. The SMILES string of the molecule is Cc1cc(NN=Cc2ccc(Cl)cc2)nc(N2CCOCC2)n1. The molecule has 2 heterocycles. The Morgan fingerprint density at radius 3 is 2.70 bits per heavy atom. The lowest BCUT2D eigenvalue weighted by molar-refractivity contribution is 0.122. The molecule has 0 bridgehead atoms. The maximum Gasteiger partial charge on any atom is 0.227 e. The third-order valence-electron chi connectivity index (χ3n) is 3.40. The van der Waals surface area contributed by atoms with Crippen molar-refractivity contribution in [2.75, 3.05) is 36.6 Å². The average molecular weight is 332 g/mol. The Bertz CT molecular complexity index is 683. The second-order valence-electron chi connectivity index (χ2n) is 5.22. The summed E-state index contributed by atoms with van der Waals surface area (Å²) in [6.07, 6.45) is 1.72. The van der Waals surface area contributed by atoms with E-state index in [1.54, 1.807) is 6.21 Å². The van der Waals surface area contributed by atoms with Crippen molar-refractivity contribution in [2.24, 2.45) is 5.10 Å². The first-order valence-corrected chi connectivity index (χ1v) is 7.81. The summed E-state index contributed by atoms with van der Waals surface area (Å²) in [6.45, 7) is 4.96. The first kappa shape index (κ1) is 15.7. The van der Waals surface area contributed by atoms with Crippen LogP contribution in [0.5, 0.6) is 0 Å². The number of anilines is 2. The molecule has 0 radical (unpaired) electrons. The number of hydrogen-bond acceptors (Lipinski definition) is 6. The molecule has 120 valence electrons. The summed E-state index contributed by atoms with van der Waals surface area (Å²) in [6, 6.07) is 9.32. The minimum absolute atomic E-state index is 0.671. The van der Waals surface area contributed by atoms with Gasteiger partial charge in [0.25, 0.3) is 0 Å². The minimum Gasteiger partial charge on any atom is -0.378 e. The third kappa shape index (κ3) is 4.40. The summed E-state index contributed by atoms with van der Waals surface area (Å²) >= 11 is 5.86. The zero-order valence-electron chi connectivity index (χ0n) is 12.9. The number of aryl methyl sites for hydroxylation is 1. The summed E-state index contributed by atoms with van der Waals surface area (Å²) < 4.78 is 5.36. The number of ether oxygens (including phenoxy) is 1. The number of rotatable bonds is 4. The van der Waals surface area contributed by atoms with E-state index in [2.05, 4.69) is 25.4 Å². The van der Waals surface area contributed by atoms with E-state index in [1.165, 1.54) is 0 Å². The molecular weight excluding hydrogens is 314 g/mol. The van der Waals surface area contributed by atoms with Crippen molar-refractivity contribution in [3.8, 4) is 0 Å². The quantitative estimate of drug-likeness (QED) is 0.689. The van der Waals surface area contributed by atoms with Crippen LogP contribution in [0.3, 0.4) is 0 Å². The molecule has 1 aliphatic heterocycles. The summed E-state index contributed by atoms with van der Waals surface area (Å²) in [4.78, 5) is 11.1. The fourth-order valence-electron chi connectivity index (χ4n) is 2.24. The number of morpholine rings is 1. The number of aromatic nitrogens is 2. The molecule has 1 aromatic heterocycles. The Morgan fingerprint density at radius 1 is 1.22 bits per heavy atom. The number of nitrogens with zero attached hydrogens (tertiary/aromatic N) is 4. The molecule has 1 fully saturated rings. The maximum atomic E-state index is 5.86. The van der Waals surface area contributed by atoms with E-state index >= 15 is 0 Å². The molecule has 23 heavy (non-hydrogen) atoms. The highest BCUT2D eigenvalue weighted by Gasteiger charge is 2.14. The van der Waals surface area contributed by atoms with Crippen LogP contribution < -0.4 is 10.3 Å². The van der Waals surface area contributed by atoms with Crippen LogP contribution in [0.4, 0.5) is 11.8 Å². The highest BCUT2D eigenvalue weighted by Crippen LogP contribution is 2.15. The zero-order chi connectivity index (χ0) is 16.1. The van der Waals surface area contributed by atoms with Gasteiger partial charge in [-0.2, -0.15) is 10.1 Å². The lowest BCUT2D eigenvalue weighted by atomic mass is 10.2. The molecule has 7 heteroatoms. The second kappa shape index (κ2) is 7.39. The van der Waals surface area contributed by atoms with E-state index < -0.39 is 0 Å². The Hall–Kier alpha value is -2.18. The second-order valence-corrected chi connectivity index (χ2v) is 5.65. The Balaban J connectivity index is 1.69. The van der Waals surface area contributed by atoms with Gasteiger partial charge in [-0.15, -0.1) is 0 Å². The first-order valence-electron chi connectivity index (χ1n) is 7.44. The van der Waals surface area contributed by atoms with E-state index in [-0.39, 0.29) is 0 Å². The topological polar surface area (TPSA) is 62.6 Å². The van der Waals surface area contributed by atoms with E-state index in [9.17, 15) is 0 Å². The van der Waals surface area contributed by atoms with Crippen LogP contribution >= 0.6 is 11.6 Å². The standard InChI is InChI=1S/C16H18ClN5O/c1-12-10-15(20-16(19-12)22-6-8-23-9-7-22)21-18-11-13-2-4-14(17)5-3-13/h2-5,10-11H,6-9H2,1H3,(H,19,20,21). The molecule has 2 aromatic rings. The summed E-state index contributed by atoms with van der Waals surface area (Å²) in [5, 5.41) is 4.92. The molecule has 0 unspecified atom stereocenters. The predicted octanol–water partition coefficient (Wildman–Crippen LogP) is 2.72. The predicted molar refractivity (Wildman–Crippen MR) is 92.5 cm³/mol. The highest BCUT2D eigenvalue weighted by atomic mass is 35.5. The van der Waals surface area contributed by atoms with E-state index in [0.29, 0.717) is 30.0 Å². The van der Waals surface area contributed by atoms with Gasteiger partial charge in [-0.3, -0.25) is 5.43 Å². The van der Waals surface area contributed by atoms with Crippen LogP contribution in [-0.4, -0.2) is 42.5 Å². The van der Waals surface area contributed by atoms with Gasteiger partial charge in [-0.25, -0.2) is 4.98 Å². The van der Waals surface area contributed by atoms with Gasteiger partial charge < -0.3 is 9.64 Å². The number of benzene rings is 1. The smallest absolute Gasteiger partial charge is 0.227 e. The van der Waals surface area contributed by atoms with Crippen molar-refractivity contribution < 1.29 is 4.74 Å². The fourth-order valence-corrected chi connectivity index (χ4v) is 2.36. The molecule has 0 aliphatic carbocycles. The van der Waals surface area contributed by atoms with Crippen LogP contribution in [0, 0.1) is 6.92 Å². The van der Waals surface area contributed by atoms with Gasteiger partial charge in [-0.1, -0.05) is 23.7 Å². The van der Waals surface area contributed by atoms with Crippen molar-refractivity contribution in [3.05, 3.63) is 46.6 Å². The van der Waals surface area contributed by atoms with Gasteiger partial charge >= 0.3 is 0 Å². The highest BCUT2D eigenvalue weighted by molar-refractivity contribution is 6.30. The molecule has 3 rings (SSSR count). The molecule has 0 atom stereocenters. The molecule has 6 nitrogen and oxygen atoms in total. The largest absolute Gasteiger partial charge is 0.378 e. The van der Waals surface area contributed by atoms with Crippen molar-refractivity contribution in [1.29, 1.82) is 0 Å². The molecule has 0 amide bonds. The lowest BCUT2D eigenvalue weighted by Gasteiger charge is -2.27. The molecule has 1 saturated heterocycles. The Kier molecular flexibility index (Phi) is 5.05. The number of halogens is 1. The molecule has 1 aliphatic rings. The van der Waals surface area contributed by atoms with Crippen molar-refractivity contribution in [3.63, 3.8) is 0 Å². The number of hydrogen-bond donors (Lipinski definition) is 1. The molecule has 0 saturated carbocycles. The Labute approximate surface area is 140 Å². The average Bonchev–Trinajstić information content (AvgIpc) is 2.57. The molecule has 1 N–H and O–H groups in total. The van der Waals surface area contributed by atoms with Crippen LogP contribution in [0.1, 0.15) is 11.3 Å². The van der Waals surface area contributed by atoms with Gasteiger partial charge in [-0.05, 0) is 24.6 Å². The van der Waals surface area contributed by atoms with Gasteiger partial charge in [0.05, 0.1) is 19.4 Å². The van der Waals surface area contributed by atoms with E-state index in [0.717, 1.165) is 24.3 Å². The number of hydrazone groups is 1. The normalized spacial score (nSPS) is 15.1. The molecule has 0 spiro atoms. The Morgan fingerprint density at radius 2 is 1.96 bits per heavy atom. The van der Waals surface area contributed by atoms with Crippen molar-refractivity contribution in [2.45, 2.75) is 6.92 Å². The summed E-state index contributed by atoms with van der Waals surface area (Å²) in [5.74, 6) is 1.38. The van der Waals surface area contributed by atoms with Crippen LogP contribution in [0.15, 0.2) is 35.4 Å². The summed E-state index contributed by atoms with van der Waals surface area (Å²) in [7, 11) is 0. The number of nitrogens with one attached hydrogen (secondary N) is 1. The monoisotopic (exact) mass is 331 g/mol. The molecular formula is C16H18ClN5O. The third-order valence-corrected chi connectivity index (χ3v) is 3.65. The van der Waals surface area contributed by atoms with Crippen LogP contribution in [0.25, 0.3) is 0 Å². The van der Waals surface area contributed by atoms with Gasteiger partial charge in [0.15, 0.2) is 5.82 Å². The van der Waals surface area contributed by atoms with E-state index in [4.69, 9.17) is 16.3 Å².